The van der Waals surface area contributed by atoms with E-state index >= 15 is 0 Å². The van der Waals surface area contributed by atoms with Crippen LogP contribution in [0.1, 0.15) is 5.69 Å². The summed E-state index contributed by atoms with van der Waals surface area (Å²) >= 11 is 7.41. The van der Waals surface area contributed by atoms with E-state index in [0.29, 0.717) is 21.8 Å². The number of rotatable bonds is 5. The number of pyridine rings is 1. The second kappa shape index (κ2) is 8.18. The number of halogens is 1. The van der Waals surface area contributed by atoms with E-state index in [1.807, 2.05) is 60.7 Å². The molecule has 158 valence electrons. The summed E-state index contributed by atoms with van der Waals surface area (Å²) in [5.41, 5.74) is 3.88. The van der Waals surface area contributed by atoms with Crippen molar-refractivity contribution in [3.8, 4) is 16.1 Å². The molecule has 0 aliphatic heterocycles. The van der Waals surface area contributed by atoms with Crippen LogP contribution in [0.15, 0.2) is 71.8 Å². The van der Waals surface area contributed by atoms with Crippen molar-refractivity contribution in [1.82, 2.24) is 19.4 Å². The first-order chi connectivity index (χ1) is 15.5. The molecule has 1 amide bonds. The van der Waals surface area contributed by atoms with E-state index in [4.69, 9.17) is 11.6 Å². The number of fused-ring (bicyclic) bond motifs is 2. The monoisotopic (exact) mass is 460 g/mol. The number of carbonyl (C=O) groups excluding carboxylic acids is 1. The summed E-state index contributed by atoms with van der Waals surface area (Å²) in [6.07, 6.45) is 2.33. The van der Waals surface area contributed by atoms with Crippen LogP contribution < -0.4 is 5.56 Å². The van der Waals surface area contributed by atoms with Crippen molar-refractivity contribution in [1.29, 1.82) is 0 Å². The Bertz CT molecular complexity index is 1530. The quantitative estimate of drug-likeness (QED) is 0.350. The van der Waals surface area contributed by atoms with Crippen LogP contribution in [-0.2, 0) is 11.3 Å². The minimum Gasteiger partial charge on any atom is -0.342 e. The minimum atomic E-state index is -0.114. The van der Waals surface area contributed by atoms with E-state index in [0.717, 1.165) is 39.1 Å². The molecular formula is C24H17ClN4O2S. The zero-order valence-corrected chi connectivity index (χ0v) is 18.6. The number of amides is 1. The fourth-order valence-corrected chi connectivity index (χ4v) is 4.71. The van der Waals surface area contributed by atoms with E-state index < -0.39 is 0 Å². The van der Waals surface area contributed by atoms with Gasteiger partial charge in [-0.3, -0.25) is 19.1 Å². The number of hydrogen-bond acceptors (Lipinski definition) is 5. The molecule has 0 fully saturated rings. The van der Waals surface area contributed by atoms with Gasteiger partial charge in [-0.2, -0.15) is 0 Å². The molecule has 0 unspecified atom stereocenters. The summed E-state index contributed by atoms with van der Waals surface area (Å²) in [6.45, 7) is 0.440. The van der Waals surface area contributed by atoms with Gasteiger partial charge >= 0.3 is 0 Å². The first kappa shape index (κ1) is 20.4. The van der Waals surface area contributed by atoms with Crippen molar-refractivity contribution in [3.63, 3.8) is 0 Å². The summed E-state index contributed by atoms with van der Waals surface area (Å²) < 4.78 is 2.15. The molecule has 0 saturated heterocycles. The molecule has 6 nitrogen and oxygen atoms in total. The molecule has 3 aromatic heterocycles. The zero-order chi connectivity index (χ0) is 22.2. The van der Waals surface area contributed by atoms with Gasteiger partial charge in [0, 0.05) is 22.3 Å². The van der Waals surface area contributed by atoms with Crippen molar-refractivity contribution < 1.29 is 4.79 Å². The van der Waals surface area contributed by atoms with Crippen molar-refractivity contribution in [3.05, 3.63) is 88.1 Å². The molecule has 2 aromatic carbocycles. The molecule has 32 heavy (non-hydrogen) atoms. The molecule has 0 N–H and O–H groups in total. The maximum Gasteiger partial charge on any atom is 0.275 e. The fraction of sp³-hybridized carbons (Fsp3) is 0.0833. The molecule has 5 aromatic rings. The number of benzene rings is 2. The van der Waals surface area contributed by atoms with E-state index in [9.17, 15) is 9.59 Å². The predicted octanol–water partition coefficient (Wildman–Crippen LogP) is 4.90. The van der Waals surface area contributed by atoms with Gasteiger partial charge in [0.2, 0.25) is 6.41 Å². The fourth-order valence-electron chi connectivity index (χ4n) is 3.54. The summed E-state index contributed by atoms with van der Waals surface area (Å²) in [5, 5.41) is 1.57. The predicted molar refractivity (Wildman–Crippen MR) is 128 cm³/mol. The third-order valence-electron chi connectivity index (χ3n) is 5.17. The molecule has 0 aliphatic rings. The highest BCUT2D eigenvalue weighted by molar-refractivity contribution is 7.22. The zero-order valence-electron chi connectivity index (χ0n) is 17.0. The molecule has 0 aliphatic carbocycles. The van der Waals surface area contributed by atoms with Gasteiger partial charge in [-0.1, -0.05) is 29.8 Å². The first-order valence-corrected chi connectivity index (χ1v) is 11.0. The Hall–Kier alpha value is -3.55. The highest BCUT2D eigenvalue weighted by Gasteiger charge is 2.12. The Morgan fingerprint density at radius 1 is 1.06 bits per heavy atom. The Labute approximate surface area is 192 Å². The first-order valence-electron chi connectivity index (χ1n) is 9.84. The second-order valence-electron chi connectivity index (χ2n) is 7.45. The lowest BCUT2D eigenvalue weighted by molar-refractivity contribution is -0.117. The van der Waals surface area contributed by atoms with Crippen LogP contribution in [0.5, 0.6) is 0 Å². The van der Waals surface area contributed by atoms with Gasteiger partial charge in [-0.15, -0.1) is 11.3 Å². The standard InChI is InChI=1S/C24H17ClN4O2S/c1-28(14-30)12-18-7-4-16-10-19(8-9-20(16)27-18)29-13-26-21-11-22(32-23(21)24(29)31)15-2-5-17(25)6-3-15/h2-11,13-14H,12H2,1H3. The average molecular weight is 461 g/mol. The van der Waals surface area contributed by atoms with Crippen LogP contribution in [-0.4, -0.2) is 32.9 Å². The van der Waals surface area contributed by atoms with Gasteiger partial charge in [-0.25, -0.2) is 4.98 Å². The largest absolute Gasteiger partial charge is 0.342 e. The Morgan fingerprint density at radius 3 is 2.66 bits per heavy atom. The van der Waals surface area contributed by atoms with Gasteiger partial charge in [0.25, 0.3) is 5.56 Å². The van der Waals surface area contributed by atoms with Gasteiger partial charge in [0.15, 0.2) is 0 Å². The van der Waals surface area contributed by atoms with E-state index in [-0.39, 0.29) is 5.56 Å². The lowest BCUT2D eigenvalue weighted by Gasteiger charge is -2.11. The van der Waals surface area contributed by atoms with Crippen LogP contribution in [0.3, 0.4) is 0 Å². The second-order valence-corrected chi connectivity index (χ2v) is 8.94. The van der Waals surface area contributed by atoms with Crippen molar-refractivity contribution in [2.75, 3.05) is 7.05 Å². The minimum absolute atomic E-state index is 0.114. The van der Waals surface area contributed by atoms with E-state index in [1.165, 1.54) is 16.2 Å². The number of thiophene rings is 1. The lowest BCUT2D eigenvalue weighted by atomic mass is 10.1. The molecule has 3 heterocycles. The normalized spacial score (nSPS) is 11.2. The average Bonchev–Trinajstić information content (AvgIpc) is 3.25. The maximum absolute atomic E-state index is 13.2. The van der Waals surface area contributed by atoms with E-state index in [2.05, 4.69) is 9.97 Å². The maximum atomic E-state index is 13.2. The van der Waals surface area contributed by atoms with Crippen LogP contribution in [0.4, 0.5) is 0 Å². The lowest BCUT2D eigenvalue weighted by Crippen LogP contribution is -2.17. The van der Waals surface area contributed by atoms with Crippen LogP contribution in [0.25, 0.3) is 37.2 Å². The summed E-state index contributed by atoms with van der Waals surface area (Å²) in [6, 6.07) is 18.9. The SMILES string of the molecule is CN(C=O)Cc1ccc2cc(-n3cnc4cc(-c5ccc(Cl)cc5)sc4c3=O)ccc2n1. The third-order valence-corrected chi connectivity index (χ3v) is 6.58. The molecule has 0 radical (unpaired) electrons. The van der Waals surface area contributed by atoms with Gasteiger partial charge in [-0.05, 0) is 48.0 Å². The molecule has 0 bridgehead atoms. The van der Waals surface area contributed by atoms with Gasteiger partial charge in [0.1, 0.15) is 11.0 Å². The number of hydrogen-bond donors (Lipinski definition) is 0. The topological polar surface area (TPSA) is 68.1 Å². The molecular weight excluding hydrogens is 444 g/mol. The molecule has 5 rings (SSSR count). The van der Waals surface area contributed by atoms with Crippen LogP contribution >= 0.6 is 22.9 Å². The highest BCUT2D eigenvalue weighted by Crippen LogP contribution is 2.31. The molecule has 8 heteroatoms. The van der Waals surface area contributed by atoms with Crippen LogP contribution in [0, 0.1) is 0 Å². The smallest absolute Gasteiger partial charge is 0.275 e. The third kappa shape index (κ3) is 3.77. The van der Waals surface area contributed by atoms with Crippen molar-refractivity contribution in [2.45, 2.75) is 6.54 Å². The van der Waals surface area contributed by atoms with Gasteiger partial charge < -0.3 is 4.90 Å². The van der Waals surface area contributed by atoms with Gasteiger partial charge in [0.05, 0.1) is 29.0 Å². The summed E-state index contributed by atoms with van der Waals surface area (Å²) in [5.74, 6) is 0. The Balaban J connectivity index is 1.54. The number of carbonyl (C=O) groups is 1. The Morgan fingerprint density at radius 2 is 1.88 bits per heavy atom. The Kier molecular flexibility index (Phi) is 5.20. The summed E-state index contributed by atoms with van der Waals surface area (Å²) in [4.78, 5) is 35.7. The number of nitrogens with zero attached hydrogens (tertiary/aromatic N) is 4. The summed E-state index contributed by atoms with van der Waals surface area (Å²) in [7, 11) is 1.71. The molecule has 0 atom stereocenters. The van der Waals surface area contributed by atoms with Crippen molar-refractivity contribution in [2.24, 2.45) is 0 Å². The van der Waals surface area contributed by atoms with Crippen molar-refractivity contribution >= 4 is 50.5 Å². The molecule has 0 spiro atoms. The number of aromatic nitrogens is 3. The highest BCUT2D eigenvalue weighted by atomic mass is 35.5. The van der Waals surface area contributed by atoms with Crippen LogP contribution in [0.2, 0.25) is 5.02 Å². The van der Waals surface area contributed by atoms with E-state index in [1.54, 1.807) is 17.9 Å². The molecule has 0 saturated carbocycles.